The summed E-state index contributed by atoms with van der Waals surface area (Å²) >= 11 is 0. The molecule has 0 atom stereocenters. The van der Waals surface area contributed by atoms with Gasteiger partial charge in [-0.25, -0.2) is 4.79 Å². The minimum atomic E-state index is -0.340. The lowest BCUT2D eigenvalue weighted by molar-refractivity contribution is 0.0600. The first-order chi connectivity index (χ1) is 7.69. The molecule has 0 fully saturated rings. The maximum absolute atomic E-state index is 11.4. The SMILES string of the molecule is COC(=O)c1cc(C=CCC#N)ccc1C. The van der Waals surface area contributed by atoms with Crippen molar-refractivity contribution in [1.82, 2.24) is 0 Å². The molecular weight excluding hydrogens is 202 g/mol. The largest absolute Gasteiger partial charge is 0.465 e. The van der Waals surface area contributed by atoms with Gasteiger partial charge in [0.05, 0.1) is 25.2 Å². The number of allylic oxidation sites excluding steroid dienone is 1. The molecule has 0 bridgehead atoms. The van der Waals surface area contributed by atoms with Gasteiger partial charge >= 0.3 is 5.97 Å². The summed E-state index contributed by atoms with van der Waals surface area (Å²) in [5, 5.41) is 8.39. The van der Waals surface area contributed by atoms with E-state index in [1.807, 2.05) is 31.2 Å². The molecule has 0 aliphatic carbocycles. The molecule has 1 aromatic carbocycles. The van der Waals surface area contributed by atoms with Crippen molar-refractivity contribution in [3.05, 3.63) is 41.0 Å². The van der Waals surface area contributed by atoms with Crippen molar-refractivity contribution in [2.24, 2.45) is 0 Å². The van der Waals surface area contributed by atoms with Crippen LogP contribution in [0.15, 0.2) is 24.3 Å². The van der Waals surface area contributed by atoms with Crippen LogP contribution in [-0.2, 0) is 4.74 Å². The molecule has 82 valence electrons. The van der Waals surface area contributed by atoms with Crippen LogP contribution in [0.25, 0.3) is 6.08 Å². The Bertz CT molecular complexity index is 455. The average molecular weight is 215 g/mol. The van der Waals surface area contributed by atoms with Gasteiger partial charge in [0.25, 0.3) is 0 Å². The summed E-state index contributed by atoms with van der Waals surface area (Å²) in [6.07, 6.45) is 3.93. The molecule has 0 radical (unpaired) electrons. The van der Waals surface area contributed by atoms with Crippen LogP contribution in [0.4, 0.5) is 0 Å². The van der Waals surface area contributed by atoms with Crippen LogP contribution in [0, 0.1) is 18.3 Å². The number of hydrogen-bond acceptors (Lipinski definition) is 3. The van der Waals surface area contributed by atoms with E-state index < -0.39 is 0 Å². The standard InChI is InChI=1S/C13H13NO2/c1-10-6-7-11(5-3-4-8-14)9-12(10)13(15)16-2/h3,5-7,9H,4H2,1-2H3. The van der Waals surface area contributed by atoms with E-state index in [-0.39, 0.29) is 5.97 Å². The summed E-state index contributed by atoms with van der Waals surface area (Å²) in [6.45, 7) is 1.86. The number of rotatable bonds is 3. The van der Waals surface area contributed by atoms with Gasteiger partial charge in [-0.15, -0.1) is 0 Å². The predicted molar refractivity (Wildman–Crippen MR) is 61.8 cm³/mol. The molecule has 0 unspecified atom stereocenters. The van der Waals surface area contributed by atoms with E-state index in [1.54, 1.807) is 12.1 Å². The van der Waals surface area contributed by atoms with E-state index in [9.17, 15) is 4.79 Å². The van der Waals surface area contributed by atoms with Crippen LogP contribution in [0.2, 0.25) is 0 Å². The third-order valence-corrected chi connectivity index (χ3v) is 2.19. The molecule has 0 aromatic heterocycles. The van der Waals surface area contributed by atoms with Crippen LogP contribution in [0.1, 0.15) is 27.9 Å². The number of methoxy groups -OCH3 is 1. The van der Waals surface area contributed by atoms with E-state index in [0.29, 0.717) is 12.0 Å². The molecule has 3 nitrogen and oxygen atoms in total. The molecule has 0 spiro atoms. The molecule has 0 aliphatic rings. The summed E-state index contributed by atoms with van der Waals surface area (Å²) in [7, 11) is 1.36. The lowest BCUT2D eigenvalue weighted by atomic mass is 10.0. The van der Waals surface area contributed by atoms with Crippen LogP contribution in [-0.4, -0.2) is 13.1 Å². The monoisotopic (exact) mass is 215 g/mol. The average Bonchev–Trinajstić information content (AvgIpc) is 2.30. The number of hydrogen-bond donors (Lipinski definition) is 0. The molecule has 1 aromatic rings. The van der Waals surface area contributed by atoms with Crippen molar-refractivity contribution in [2.45, 2.75) is 13.3 Å². The van der Waals surface area contributed by atoms with Crippen molar-refractivity contribution < 1.29 is 9.53 Å². The van der Waals surface area contributed by atoms with Gasteiger partial charge in [0.1, 0.15) is 0 Å². The molecule has 0 saturated heterocycles. The molecular formula is C13H13NO2. The van der Waals surface area contributed by atoms with Crippen molar-refractivity contribution in [3.63, 3.8) is 0 Å². The quantitative estimate of drug-likeness (QED) is 0.728. The maximum Gasteiger partial charge on any atom is 0.338 e. The maximum atomic E-state index is 11.4. The highest BCUT2D eigenvalue weighted by Crippen LogP contribution is 2.13. The Morgan fingerprint density at radius 2 is 2.31 bits per heavy atom. The van der Waals surface area contributed by atoms with Crippen LogP contribution < -0.4 is 0 Å². The van der Waals surface area contributed by atoms with Gasteiger partial charge < -0.3 is 4.74 Å². The van der Waals surface area contributed by atoms with Crippen molar-refractivity contribution in [3.8, 4) is 6.07 Å². The number of esters is 1. The zero-order valence-electron chi connectivity index (χ0n) is 9.36. The Morgan fingerprint density at radius 3 is 2.94 bits per heavy atom. The summed E-state index contributed by atoms with van der Waals surface area (Å²) in [6, 6.07) is 7.54. The third-order valence-electron chi connectivity index (χ3n) is 2.19. The van der Waals surface area contributed by atoms with E-state index >= 15 is 0 Å². The molecule has 0 amide bonds. The number of ether oxygens (including phenoxy) is 1. The molecule has 16 heavy (non-hydrogen) atoms. The summed E-state index contributed by atoms with van der Waals surface area (Å²) in [4.78, 5) is 11.4. The minimum Gasteiger partial charge on any atom is -0.465 e. The summed E-state index contributed by atoms with van der Waals surface area (Å²) in [5.74, 6) is -0.340. The van der Waals surface area contributed by atoms with Gasteiger partial charge in [0, 0.05) is 0 Å². The van der Waals surface area contributed by atoms with Gasteiger partial charge in [0.15, 0.2) is 0 Å². The molecule has 3 heteroatoms. The Morgan fingerprint density at radius 1 is 1.56 bits per heavy atom. The first-order valence-electron chi connectivity index (χ1n) is 4.91. The van der Waals surface area contributed by atoms with Crippen molar-refractivity contribution >= 4 is 12.0 Å². The topological polar surface area (TPSA) is 50.1 Å². The number of carbonyl (C=O) groups excluding carboxylic acids is 1. The minimum absolute atomic E-state index is 0.340. The Balaban J connectivity index is 2.99. The number of nitriles is 1. The fraction of sp³-hybridized carbons (Fsp3) is 0.231. The predicted octanol–water partition coefficient (Wildman–Crippen LogP) is 2.71. The molecule has 0 saturated carbocycles. The number of nitrogens with zero attached hydrogens (tertiary/aromatic N) is 1. The smallest absolute Gasteiger partial charge is 0.338 e. The number of carbonyl (C=O) groups is 1. The fourth-order valence-electron chi connectivity index (χ4n) is 1.32. The highest BCUT2D eigenvalue weighted by molar-refractivity contribution is 5.91. The van der Waals surface area contributed by atoms with Gasteiger partial charge in [-0.1, -0.05) is 24.3 Å². The molecule has 0 heterocycles. The lowest BCUT2D eigenvalue weighted by Crippen LogP contribution is -2.03. The highest BCUT2D eigenvalue weighted by atomic mass is 16.5. The summed E-state index contributed by atoms with van der Waals surface area (Å²) < 4.78 is 4.68. The molecule has 0 aliphatic heterocycles. The van der Waals surface area contributed by atoms with Crippen LogP contribution in [0.3, 0.4) is 0 Å². The van der Waals surface area contributed by atoms with Gasteiger partial charge in [0.2, 0.25) is 0 Å². The van der Waals surface area contributed by atoms with Crippen molar-refractivity contribution in [1.29, 1.82) is 5.26 Å². The Labute approximate surface area is 95.0 Å². The van der Waals surface area contributed by atoms with Gasteiger partial charge in [-0.2, -0.15) is 5.26 Å². The highest BCUT2D eigenvalue weighted by Gasteiger charge is 2.08. The normalized spacial score (nSPS) is 10.1. The first kappa shape index (κ1) is 12.0. The van der Waals surface area contributed by atoms with E-state index in [0.717, 1.165) is 11.1 Å². The second-order valence-corrected chi connectivity index (χ2v) is 3.33. The van der Waals surface area contributed by atoms with E-state index in [2.05, 4.69) is 4.74 Å². The third kappa shape index (κ3) is 2.96. The van der Waals surface area contributed by atoms with Crippen molar-refractivity contribution in [2.75, 3.05) is 7.11 Å². The number of benzene rings is 1. The van der Waals surface area contributed by atoms with Gasteiger partial charge in [-0.3, -0.25) is 0 Å². The second-order valence-electron chi connectivity index (χ2n) is 3.33. The zero-order valence-corrected chi connectivity index (χ0v) is 9.36. The Hall–Kier alpha value is -2.08. The molecule has 0 N–H and O–H groups in total. The summed E-state index contributed by atoms with van der Waals surface area (Å²) in [5.41, 5.74) is 2.33. The Kier molecular flexibility index (Phi) is 4.28. The number of aryl methyl sites for hydroxylation is 1. The lowest BCUT2D eigenvalue weighted by Gasteiger charge is -2.04. The van der Waals surface area contributed by atoms with E-state index in [4.69, 9.17) is 5.26 Å². The van der Waals surface area contributed by atoms with E-state index in [1.165, 1.54) is 7.11 Å². The fourth-order valence-corrected chi connectivity index (χ4v) is 1.32. The second kappa shape index (κ2) is 5.72. The van der Waals surface area contributed by atoms with Crippen LogP contribution in [0.5, 0.6) is 0 Å². The first-order valence-corrected chi connectivity index (χ1v) is 4.91. The zero-order chi connectivity index (χ0) is 12.0. The van der Waals surface area contributed by atoms with Gasteiger partial charge in [-0.05, 0) is 24.1 Å². The molecule has 1 rings (SSSR count). The van der Waals surface area contributed by atoms with Crippen LogP contribution >= 0.6 is 0 Å².